The molecular weight excluding hydrogens is 314 g/mol. The number of thiophene rings is 1. The van der Waals surface area contributed by atoms with E-state index in [0.29, 0.717) is 6.54 Å². The van der Waals surface area contributed by atoms with Gasteiger partial charge in [-0.05, 0) is 19.8 Å². The zero-order chi connectivity index (χ0) is 16.4. The predicted molar refractivity (Wildman–Crippen MR) is 84.4 cm³/mol. The first-order valence-corrected chi connectivity index (χ1v) is 8.88. The number of hydrogen-bond acceptors (Lipinski definition) is 6. The maximum atomic E-state index is 12.6. The Hall–Kier alpha value is -1.19. The second kappa shape index (κ2) is 6.71. The van der Waals surface area contributed by atoms with E-state index in [1.54, 1.807) is 6.92 Å². The number of hydrogen-bond donors (Lipinski definition) is 1. The third-order valence-electron chi connectivity index (χ3n) is 3.40. The van der Waals surface area contributed by atoms with Crippen molar-refractivity contribution in [2.75, 3.05) is 18.9 Å². The minimum atomic E-state index is -3.73. The lowest BCUT2D eigenvalue weighted by Crippen LogP contribution is -2.37. The van der Waals surface area contributed by atoms with E-state index < -0.39 is 14.9 Å². The summed E-state index contributed by atoms with van der Waals surface area (Å²) in [7, 11) is -2.23. The molecule has 7 nitrogen and oxygen atoms in total. The largest absolute Gasteiger partial charge is 0.372 e. The van der Waals surface area contributed by atoms with Crippen molar-refractivity contribution in [1.29, 1.82) is 0 Å². The topological polar surface area (TPSA) is 92.6 Å². The van der Waals surface area contributed by atoms with Crippen LogP contribution < -0.4 is 5.32 Å². The van der Waals surface area contributed by atoms with Gasteiger partial charge in [-0.2, -0.15) is 4.31 Å². The Labute approximate surface area is 129 Å². The number of nitrogens with one attached hydrogen (secondary N) is 1. The number of nitrogens with zero attached hydrogens (tertiary/aromatic N) is 2. The molecule has 0 saturated carbocycles. The summed E-state index contributed by atoms with van der Waals surface area (Å²) in [6.07, 6.45) is 0. The lowest BCUT2D eigenvalue weighted by atomic mass is 10.1. The van der Waals surface area contributed by atoms with E-state index in [-0.39, 0.29) is 26.9 Å². The fraction of sp³-hybridized carbons (Fsp3) is 0.667. The van der Waals surface area contributed by atoms with E-state index in [4.69, 9.17) is 0 Å². The zero-order valence-electron chi connectivity index (χ0n) is 12.8. The van der Waals surface area contributed by atoms with Gasteiger partial charge < -0.3 is 5.32 Å². The molecule has 1 aromatic rings. The molecule has 0 radical (unpaired) electrons. The van der Waals surface area contributed by atoms with Gasteiger partial charge in [0.2, 0.25) is 0 Å². The van der Waals surface area contributed by atoms with Crippen molar-refractivity contribution < 1.29 is 13.3 Å². The van der Waals surface area contributed by atoms with Crippen LogP contribution in [0.3, 0.4) is 0 Å². The highest BCUT2D eigenvalue weighted by Gasteiger charge is 2.32. The maximum absolute atomic E-state index is 12.6. The van der Waals surface area contributed by atoms with Crippen LogP contribution in [-0.4, -0.2) is 37.3 Å². The van der Waals surface area contributed by atoms with Gasteiger partial charge in [0, 0.05) is 25.7 Å². The molecule has 21 heavy (non-hydrogen) atoms. The molecule has 0 saturated heterocycles. The first-order valence-electron chi connectivity index (χ1n) is 6.63. The van der Waals surface area contributed by atoms with Gasteiger partial charge in [-0.25, -0.2) is 8.42 Å². The van der Waals surface area contributed by atoms with Crippen LogP contribution >= 0.6 is 11.3 Å². The Bertz CT molecular complexity index is 610. The zero-order valence-corrected chi connectivity index (χ0v) is 14.4. The Morgan fingerprint density at radius 1 is 1.43 bits per heavy atom. The summed E-state index contributed by atoms with van der Waals surface area (Å²) < 4.78 is 26.4. The number of rotatable bonds is 7. The second-order valence-corrected chi connectivity index (χ2v) is 8.35. The highest BCUT2D eigenvalue weighted by Crippen LogP contribution is 2.38. The average Bonchev–Trinajstić information content (AvgIpc) is 2.82. The molecule has 0 fully saturated rings. The summed E-state index contributed by atoms with van der Waals surface area (Å²) in [6, 6.07) is 0.931. The minimum Gasteiger partial charge on any atom is -0.372 e. The van der Waals surface area contributed by atoms with Crippen molar-refractivity contribution in [3.8, 4) is 0 Å². The third kappa shape index (κ3) is 3.72. The number of nitro groups is 1. The molecule has 120 valence electrons. The van der Waals surface area contributed by atoms with Crippen LogP contribution in [0, 0.1) is 16.0 Å². The monoisotopic (exact) mass is 335 g/mol. The Morgan fingerprint density at radius 3 is 2.43 bits per heavy atom. The van der Waals surface area contributed by atoms with Crippen molar-refractivity contribution in [2.45, 2.75) is 37.9 Å². The standard InChI is InChI=1S/C12H21N3O4S2/c1-6-13-12-10(15(16)17)7-11(20-12)21(18,19)14(5)9(4)8(2)3/h7-9,13H,6H2,1-5H3. The number of sulfonamides is 1. The van der Waals surface area contributed by atoms with Crippen LogP contribution in [-0.2, 0) is 10.0 Å². The van der Waals surface area contributed by atoms with E-state index >= 15 is 0 Å². The van der Waals surface area contributed by atoms with Crippen molar-refractivity contribution in [3.63, 3.8) is 0 Å². The fourth-order valence-electron chi connectivity index (χ4n) is 1.69. The van der Waals surface area contributed by atoms with Crippen LogP contribution in [0.4, 0.5) is 10.7 Å². The van der Waals surface area contributed by atoms with E-state index in [2.05, 4.69) is 5.32 Å². The molecule has 1 unspecified atom stereocenters. The summed E-state index contributed by atoms with van der Waals surface area (Å²) in [5, 5.41) is 14.1. The van der Waals surface area contributed by atoms with Crippen LogP contribution in [0.2, 0.25) is 0 Å². The Kier molecular flexibility index (Phi) is 5.71. The van der Waals surface area contributed by atoms with Gasteiger partial charge >= 0.3 is 5.69 Å². The highest BCUT2D eigenvalue weighted by molar-refractivity contribution is 7.91. The maximum Gasteiger partial charge on any atom is 0.304 e. The molecule has 1 atom stereocenters. The van der Waals surface area contributed by atoms with E-state index in [1.165, 1.54) is 11.4 Å². The summed E-state index contributed by atoms with van der Waals surface area (Å²) in [6.45, 7) is 7.95. The van der Waals surface area contributed by atoms with Gasteiger partial charge in [0.1, 0.15) is 4.21 Å². The van der Waals surface area contributed by atoms with Crippen LogP contribution in [0.5, 0.6) is 0 Å². The Morgan fingerprint density at radius 2 is 2.00 bits per heavy atom. The van der Waals surface area contributed by atoms with Gasteiger partial charge in [0.05, 0.1) is 4.92 Å². The van der Waals surface area contributed by atoms with Crippen LogP contribution in [0.1, 0.15) is 27.7 Å². The van der Waals surface area contributed by atoms with Crippen LogP contribution in [0.25, 0.3) is 0 Å². The first-order chi connectivity index (χ1) is 9.62. The lowest BCUT2D eigenvalue weighted by Gasteiger charge is -2.26. The van der Waals surface area contributed by atoms with Gasteiger partial charge in [0.15, 0.2) is 5.00 Å². The molecule has 0 aliphatic heterocycles. The summed E-state index contributed by atoms with van der Waals surface area (Å²) in [5.41, 5.74) is -0.203. The summed E-state index contributed by atoms with van der Waals surface area (Å²) in [4.78, 5) is 10.4. The smallest absolute Gasteiger partial charge is 0.304 e. The summed E-state index contributed by atoms with van der Waals surface area (Å²) >= 11 is 0.894. The van der Waals surface area contributed by atoms with Gasteiger partial charge in [0.25, 0.3) is 10.0 Å². The van der Waals surface area contributed by atoms with Gasteiger partial charge in [-0.3, -0.25) is 10.1 Å². The van der Waals surface area contributed by atoms with E-state index in [9.17, 15) is 18.5 Å². The fourth-order valence-corrected chi connectivity index (χ4v) is 4.77. The second-order valence-electron chi connectivity index (χ2n) is 5.07. The Balaban J connectivity index is 3.26. The quantitative estimate of drug-likeness (QED) is 0.611. The normalized spacial score (nSPS) is 13.7. The summed E-state index contributed by atoms with van der Waals surface area (Å²) in [5.74, 6) is 0.146. The lowest BCUT2D eigenvalue weighted by molar-refractivity contribution is -0.383. The van der Waals surface area contributed by atoms with Crippen molar-refractivity contribution in [3.05, 3.63) is 16.2 Å². The molecule has 1 rings (SSSR count). The molecule has 0 amide bonds. The molecule has 1 heterocycles. The molecule has 0 bridgehead atoms. The van der Waals surface area contributed by atoms with Crippen LogP contribution in [0.15, 0.2) is 10.3 Å². The minimum absolute atomic E-state index is 0.0137. The molecule has 0 spiro atoms. The first kappa shape index (κ1) is 17.9. The van der Waals surface area contributed by atoms with Crippen molar-refractivity contribution in [1.82, 2.24) is 4.31 Å². The van der Waals surface area contributed by atoms with Gasteiger partial charge in [-0.1, -0.05) is 25.2 Å². The highest BCUT2D eigenvalue weighted by atomic mass is 32.2. The molecule has 1 N–H and O–H groups in total. The van der Waals surface area contributed by atoms with Gasteiger partial charge in [-0.15, -0.1) is 0 Å². The van der Waals surface area contributed by atoms with E-state index in [0.717, 1.165) is 17.4 Å². The van der Waals surface area contributed by atoms with Crippen molar-refractivity contribution >= 4 is 32.0 Å². The molecular formula is C12H21N3O4S2. The molecule has 1 aromatic heterocycles. The molecule has 0 aromatic carbocycles. The number of anilines is 1. The average molecular weight is 335 g/mol. The third-order valence-corrected chi connectivity index (χ3v) is 6.87. The SMILES string of the molecule is CCNc1sc(S(=O)(=O)N(C)C(C)C(C)C)cc1[N+](=O)[O-]. The van der Waals surface area contributed by atoms with E-state index in [1.807, 2.05) is 20.8 Å². The molecule has 9 heteroatoms. The molecule has 0 aliphatic carbocycles. The predicted octanol–water partition coefficient (Wildman–Crippen LogP) is 2.75. The molecule has 0 aliphatic rings. The van der Waals surface area contributed by atoms with Crippen molar-refractivity contribution in [2.24, 2.45) is 5.92 Å².